The highest BCUT2D eigenvalue weighted by atomic mass is 19.4. The Bertz CT molecular complexity index is 1670. The Hall–Kier alpha value is -4.92. The normalized spacial score (nSPS) is 19.9. The van der Waals surface area contributed by atoms with Gasteiger partial charge in [-0.25, -0.2) is 14.6 Å². The first-order chi connectivity index (χ1) is 20.5. The fourth-order valence-electron chi connectivity index (χ4n) is 5.78. The van der Waals surface area contributed by atoms with Crippen molar-refractivity contribution >= 4 is 23.1 Å². The number of pyridine rings is 1. The average Bonchev–Trinajstić information content (AvgIpc) is 3.52. The second-order valence-corrected chi connectivity index (χ2v) is 10.8. The van der Waals surface area contributed by atoms with Crippen LogP contribution in [0.25, 0.3) is 22.2 Å². The van der Waals surface area contributed by atoms with E-state index in [0.717, 1.165) is 60.0 Å². The van der Waals surface area contributed by atoms with Crippen molar-refractivity contribution in [2.45, 2.75) is 50.6 Å². The number of carbonyl (C=O) groups excluding carboxylic acids is 1. The number of ether oxygens (including phenoxy) is 1. The molecule has 0 bridgehead atoms. The highest BCUT2D eigenvalue weighted by molar-refractivity contribution is 5.77. The van der Waals surface area contributed by atoms with Crippen LogP contribution in [0.4, 0.5) is 18.0 Å². The maximum absolute atomic E-state index is 12.9. The first kappa shape index (κ1) is 29.6. The van der Waals surface area contributed by atoms with Crippen LogP contribution in [-0.4, -0.2) is 54.9 Å². The summed E-state index contributed by atoms with van der Waals surface area (Å²) in [5.74, 6) is -2.38. The van der Waals surface area contributed by atoms with Gasteiger partial charge < -0.3 is 14.4 Å². The predicted octanol–water partition coefficient (Wildman–Crippen LogP) is 6.18. The molecule has 2 aliphatic rings. The molecule has 43 heavy (non-hydrogen) atoms. The smallest absolute Gasteiger partial charge is 0.475 e. The number of nitrogens with zero attached hydrogens (tertiary/aromatic N) is 5. The van der Waals surface area contributed by atoms with Crippen LogP contribution in [0.2, 0.25) is 0 Å². The summed E-state index contributed by atoms with van der Waals surface area (Å²) in [5.41, 5.74) is 5.20. The molecule has 1 aliphatic carbocycles. The second kappa shape index (κ2) is 12.1. The van der Waals surface area contributed by atoms with Crippen molar-refractivity contribution in [1.29, 1.82) is 5.26 Å². The lowest BCUT2D eigenvalue weighted by Gasteiger charge is -2.36. The Morgan fingerprint density at radius 1 is 1.14 bits per heavy atom. The van der Waals surface area contributed by atoms with Crippen molar-refractivity contribution in [2.24, 2.45) is 5.92 Å². The molecule has 3 heterocycles. The maximum atomic E-state index is 12.9. The van der Waals surface area contributed by atoms with Crippen molar-refractivity contribution in [3.05, 3.63) is 84.4 Å². The maximum Gasteiger partial charge on any atom is 0.490 e. The zero-order chi connectivity index (χ0) is 30.6. The van der Waals surface area contributed by atoms with Crippen molar-refractivity contribution < 1.29 is 32.6 Å². The summed E-state index contributed by atoms with van der Waals surface area (Å²) < 4.78 is 39.9. The van der Waals surface area contributed by atoms with Crippen LogP contribution in [0, 0.1) is 17.2 Å². The van der Waals surface area contributed by atoms with Crippen molar-refractivity contribution in [3.8, 4) is 17.2 Å². The van der Waals surface area contributed by atoms with Gasteiger partial charge in [0.2, 0.25) is 0 Å². The number of carboxylic acid groups (broad SMARTS) is 1. The predicted molar refractivity (Wildman–Crippen MR) is 149 cm³/mol. The number of aromatic nitrogens is 3. The molecule has 1 N–H and O–H groups in total. The SMILES string of the molecule is N#Cc1ccc2ncn(C[C@H]3CCC[C@]4(C3)CN(Cc3cncc(-c5ccccc5)c3)C(=O)O4)c2c1.O=C(O)C(F)(F)F. The number of fused-ring (bicyclic) bond motifs is 1. The number of hydrogen-bond acceptors (Lipinski definition) is 6. The van der Waals surface area contributed by atoms with Crippen LogP contribution in [0.15, 0.2) is 73.3 Å². The molecule has 6 rings (SSSR count). The van der Waals surface area contributed by atoms with Gasteiger partial charge in [0.1, 0.15) is 5.60 Å². The Labute approximate surface area is 245 Å². The van der Waals surface area contributed by atoms with E-state index >= 15 is 0 Å². The number of rotatable bonds is 5. The Morgan fingerprint density at radius 3 is 2.63 bits per heavy atom. The average molecular weight is 592 g/mol. The third-order valence-corrected chi connectivity index (χ3v) is 7.67. The molecule has 0 radical (unpaired) electrons. The van der Waals surface area contributed by atoms with Crippen LogP contribution < -0.4 is 0 Å². The molecular weight excluding hydrogens is 563 g/mol. The number of carbonyl (C=O) groups is 2. The summed E-state index contributed by atoms with van der Waals surface area (Å²) >= 11 is 0. The van der Waals surface area contributed by atoms with Gasteiger partial charge in [-0.15, -0.1) is 0 Å². The van der Waals surface area contributed by atoms with Crippen molar-refractivity contribution in [2.75, 3.05) is 6.54 Å². The zero-order valence-corrected chi connectivity index (χ0v) is 23.0. The number of nitriles is 1. The molecule has 1 amide bonds. The largest absolute Gasteiger partial charge is 0.490 e. The van der Waals surface area contributed by atoms with E-state index in [1.165, 1.54) is 0 Å². The van der Waals surface area contributed by atoms with Gasteiger partial charge in [0.15, 0.2) is 0 Å². The molecule has 12 heteroatoms. The van der Waals surface area contributed by atoms with Gasteiger partial charge in [-0.1, -0.05) is 30.3 Å². The highest BCUT2D eigenvalue weighted by Gasteiger charge is 2.48. The second-order valence-electron chi connectivity index (χ2n) is 10.8. The number of imidazole rings is 1. The summed E-state index contributed by atoms with van der Waals surface area (Å²) in [6.45, 7) is 1.89. The topological polar surface area (TPSA) is 121 Å². The van der Waals surface area contributed by atoms with Gasteiger partial charge in [0.25, 0.3) is 0 Å². The van der Waals surface area contributed by atoms with Crippen molar-refractivity contribution in [3.63, 3.8) is 0 Å². The molecule has 0 unspecified atom stereocenters. The number of hydrogen-bond donors (Lipinski definition) is 1. The van der Waals surface area contributed by atoms with Gasteiger partial charge in [-0.3, -0.25) is 9.88 Å². The molecule has 1 aliphatic heterocycles. The van der Waals surface area contributed by atoms with Crippen LogP contribution in [-0.2, 0) is 22.6 Å². The minimum Gasteiger partial charge on any atom is -0.475 e. The Balaban J connectivity index is 0.000000472. The summed E-state index contributed by atoms with van der Waals surface area (Å²) in [6.07, 6.45) is 4.03. The summed E-state index contributed by atoms with van der Waals surface area (Å²) in [4.78, 5) is 32.5. The van der Waals surface area contributed by atoms with E-state index in [1.807, 2.05) is 54.0 Å². The third kappa shape index (κ3) is 6.94. The Morgan fingerprint density at radius 2 is 1.91 bits per heavy atom. The molecule has 9 nitrogen and oxygen atoms in total. The number of amides is 1. The van der Waals surface area contributed by atoms with E-state index in [9.17, 15) is 23.2 Å². The quantitative estimate of drug-likeness (QED) is 0.294. The molecule has 2 fully saturated rings. The molecule has 2 aromatic heterocycles. The lowest BCUT2D eigenvalue weighted by Crippen LogP contribution is -2.40. The summed E-state index contributed by atoms with van der Waals surface area (Å²) in [7, 11) is 0. The molecule has 1 saturated heterocycles. The molecule has 2 atom stereocenters. The number of halogens is 3. The zero-order valence-electron chi connectivity index (χ0n) is 23.0. The van der Waals surface area contributed by atoms with E-state index in [-0.39, 0.29) is 6.09 Å². The minimum absolute atomic E-state index is 0.243. The van der Waals surface area contributed by atoms with Crippen molar-refractivity contribution in [1.82, 2.24) is 19.4 Å². The van der Waals surface area contributed by atoms with E-state index in [0.29, 0.717) is 24.6 Å². The monoisotopic (exact) mass is 591 g/mol. The molecule has 2 aromatic carbocycles. The summed E-state index contributed by atoms with van der Waals surface area (Å²) in [6, 6.07) is 20.1. The van der Waals surface area contributed by atoms with E-state index in [2.05, 4.69) is 38.8 Å². The van der Waals surface area contributed by atoms with E-state index in [4.69, 9.17) is 14.6 Å². The van der Waals surface area contributed by atoms with Gasteiger partial charge in [-0.2, -0.15) is 18.4 Å². The standard InChI is InChI=1S/C29H27N5O2.C2HF3O2/c30-14-21-8-9-26-27(12-21)34(20-32-26)17-22-5-4-10-29(13-22)19-33(28(35)36-29)18-23-11-25(16-31-15-23)24-6-2-1-3-7-24;3-2(4,5)1(6)7/h1-3,6-9,11-12,15-16,20,22H,4-5,10,13,17-19H2;(H,6,7)/t22-,29-;/m0./s1. The van der Waals surface area contributed by atoms with E-state index in [1.54, 1.807) is 6.07 Å². The van der Waals surface area contributed by atoms with Gasteiger partial charge >= 0.3 is 18.2 Å². The van der Waals surface area contributed by atoms with E-state index < -0.39 is 17.7 Å². The lowest BCUT2D eigenvalue weighted by molar-refractivity contribution is -0.192. The first-order valence-electron chi connectivity index (χ1n) is 13.7. The summed E-state index contributed by atoms with van der Waals surface area (Å²) in [5, 5.41) is 16.4. The van der Waals surface area contributed by atoms with Crippen LogP contribution in [0.1, 0.15) is 36.8 Å². The van der Waals surface area contributed by atoms with Gasteiger partial charge in [-0.05, 0) is 67.0 Å². The Kier molecular flexibility index (Phi) is 8.34. The number of carboxylic acids is 1. The lowest BCUT2D eigenvalue weighted by atomic mass is 9.78. The fourth-order valence-corrected chi connectivity index (χ4v) is 5.78. The number of aliphatic carboxylic acids is 1. The molecule has 222 valence electrons. The number of benzene rings is 2. The van der Waals surface area contributed by atoms with Gasteiger partial charge in [0, 0.05) is 24.5 Å². The molecule has 1 saturated carbocycles. The first-order valence-corrected chi connectivity index (χ1v) is 13.7. The van der Waals surface area contributed by atoms with Crippen LogP contribution in [0.5, 0.6) is 0 Å². The highest BCUT2D eigenvalue weighted by Crippen LogP contribution is 2.41. The van der Waals surface area contributed by atoms with Crippen LogP contribution in [0.3, 0.4) is 0 Å². The van der Waals surface area contributed by atoms with Crippen LogP contribution >= 0.6 is 0 Å². The fraction of sp³-hybridized carbons (Fsp3) is 0.323. The molecule has 1 spiro atoms. The molecular formula is C31H28F3N5O4. The van der Waals surface area contributed by atoms with Gasteiger partial charge in [0.05, 0.1) is 42.1 Å². The number of alkyl halides is 3. The molecule has 4 aromatic rings. The third-order valence-electron chi connectivity index (χ3n) is 7.67. The minimum atomic E-state index is -5.08.